The molecule has 1 N–H and O–H groups in total. The Labute approximate surface area is 176 Å². The highest BCUT2D eigenvalue weighted by Crippen LogP contribution is 2.23. The second kappa shape index (κ2) is 9.91. The molecule has 7 nitrogen and oxygen atoms in total. The van der Waals surface area contributed by atoms with Gasteiger partial charge >= 0.3 is 5.69 Å². The van der Waals surface area contributed by atoms with Crippen LogP contribution in [0, 0.1) is 0 Å². The SMILES string of the molecule is CCn1c(C2CCNCC2)nn(Cc2ccccc2-n2cccn2)c1=O.Cl.Cl. The fraction of sp³-hybridized carbons (Fsp3) is 0.421. The zero-order valence-corrected chi connectivity index (χ0v) is 17.5. The number of para-hydroxylation sites is 1. The first-order valence-corrected chi connectivity index (χ1v) is 9.24. The van der Waals surface area contributed by atoms with E-state index in [4.69, 9.17) is 5.10 Å². The molecule has 1 aliphatic heterocycles. The van der Waals surface area contributed by atoms with Crippen molar-refractivity contribution in [3.63, 3.8) is 0 Å². The Morgan fingerprint density at radius 2 is 1.89 bits per heavy atom. The molecule has 3 heterocycles. The van der Waals surface area contributed by atoms with Gasteiger partial charge in [-0.1, -0.05) is 18.2 Å². The summed E-state index contributed by atoms with van der Waals surface area (Å²) in [5.41, 5.74) is 1.96. The molecule has 1 aromatic carbocycles. The maximum Gasteiger partial charge on any atom is 0.346 e. The lowest BCUT2D eigenvalue weighted by atomic mass is 9.97. The molecule has 152 valence electrons. The summed E-state index contributed by atoms with van der Waals surface area (Å²) >= 11 is 0. The van der Waals surface area contributed by atoms with Gasteiger partial charge in [0.15, 0.2) is 0 Å². The van der Waals surface area contributed by atoms with Crippen molar-refractivity contribution in [3.8, 4) is 5.69 Å². The van der Waals surface area contributed by atoms with E-state index >= 15 is 0 Å². The molecular weight excluding hydrogens is 399 g/mol. The van der Waals surface area contributed by atoms with E-state index in [-0.39, 0.29) is 30.5 Å². The van der Waals surface area contributed by atoms with Gasteiger partial charge in [0.2, 0.25) is 0 Å². The number of hydrogen-bond donors (Lipinski definition) is 1. The third-order valence-corrected chi connectivity index (χ3v) is 5.03. The van der Waals surface area contributed by atoms with Gasteiger partial charge in [-0.15, -0.1) is 24.8 Å². The molecule has 2 aromatic heterocycles. The Kier molecular flexibility index (Phi) is 7.86. The minimum atomic E-state index is -0.0312. The van der Waals surface area contributed by atoms with Crippen molar-refractivity contribution in [2.45, 2.75) is 38.8 Å². The molecule has 1 saturated heterocycles. The second-order valence-corrected chi connectivity index (χ2v) is 6.65. The Bertz CT molecular complexity index is 928. The van der Waals surface area contributed by atoms with Gasteiger partial charge < -0.3 is 5.32 Å². The van der Waals surface area contributed by atoms with Crippen molar-refractivity contribution in [2.24, 2.45) is 0 Å². The fourth-order valence-corrected chi connectivity index (χ4v) is 3.68. The molecule has 0 radical (unpaired) electrons. The van der Waals surface area contributed by atoms with E-state index in [0.717, 1.165) is 43.0 Å². The van der Waals surface area contributed by atoms with Crippen LogP contribution in [0.4, 0.5) is 0 Å². The molecule has 0 unspecified atom stereocenters. The fourth-order valence-electron chi connectivity index (χ4n) is 3.68. The average molecular weight is 425 g/mol. The molecule has 0 aliphatic carbocycles. The number of halogens is 2. The molecule has 0 atom stereocenters. The number of benzene rings is 1. The van der Waals surface area contributed by atoms with Crippen molar-refractivity contribution >= 4 is 24.8 Å². The first-order chi connectivity index (χ1) is 12.8. The van der Waals surface area contributed by atoms with Gasteiger partial charge in [0.25, 0.3) is 0 Å². The van der Waals surface area contributed by atoms with Crippen LogP contribution in [-0.2, 0) is 13.1 Å². The van der Waals surface area contributed by atoms with Crippen LogP contribution in [0.5, 0.6) is 0 Å². The topological polar surface area (TPSA) is 69.7 Å². The Hall–Kier alpha value is -2.09. The summed E-state index contributed by atoms with van der Waals surface area (Å²) in [5.74, 6) is 1.28. The number of aromatic nitrogens is 5. The van der Waals surface area contributed by atoms with Crippen molar-refractivity contribution in [2.75, 3.05) is 13.1 Å². The largest absolute Gasteiger partial charge is 0.346 e. The molecule has 0 saturated carbocycles. The van der Waals surface area contributed by atoms with Gasteiger partial charge in [-0.3, -0.25) is 4.57 Å². The molecule has 0 amide bonds. The van der Waals surface area contributed by atoms with Crippen LogP contribution in [0.3, 0.4) is 0 Å². The number of rotatable bonds is 5. The van der Waals surface area contributed by atoms with E-state index in [1.54, 1.807) is 10.9 Å². The molecule has 1 aliphatic rings. The van der Waals surface area contributed by atoms with Crippen LogP contribution in [0.2, 0.25) is 0 Å². The Morgan fingerprint density at radius 3 is 2.57 bits per heavy atom. The van der Waals surface area contributed by atoms with E-state index in [1.165, 1.54) is 0 Å². The van der Waals surface area contributed by atoms with Crippen molar-refractivity contribution < 1.29 is 0 Å². The van der Waals surface area contributed by atoms with E-state index in [1.807, 2.05) is 52.7 Å². The number of hydrogen-bond acceptors (Lipinski definition) is 4. The normalized spacial score (nSPS) is 14.3. The van der Waals surface area contributed by atoms with Gasteiger partial charge in [-0.25, -0.2) is 14.2 Å². The lowest BCUT2D eigenvalue weighted by Crippen LogP contribution is -2.29. The number of nitrogens with one attached hydrogen (secondary N) is 1. The zero-order chi connectivity index (χ0) is 17.9. The second-order valence-electron chi connectivity index (χ2n) is 6.65. The number of piperidine rings is 1. The first kappa shape index (κ1) is 22.2. The highest BCUT2D eigenvalue weighted by molar-refractivity contribution is 5.85. The van der Waals surface area contributed by atoms with Crippen LogP contribution in [0.1, 0.15) is 37.1 Å². The predicted octanol–water partition coefficient (Wildman–Crippen LogP) is 2.61. The summed E-state index contributed by atoms with van der Waals surface area (Å²) in [5, 5.41) is 12.4. The van der Waals surface area contributed by atoms with E-state index < -0.39 is 0 Å². The van der Waals surface area contributed by atoms with E-state index in [9.17, 15) is 4.79 Å². The van der Waals surface area contributed by atoms with Gasteiger partial charge in [0.1, 0.15) is 5.82 Å². The third kappa shape index (κ3) is 4.32. The minimum Gasteiger partial charge on any atom is -0.317 e. The maximum atomic E-state index is 12.9. The van der Waals surface area contributed by atoms with Crippen LogP contribution < -0.4 is 11.0 Å². The van der Waals surface area contributed by atoms with Crippen LogP contribution in [0.25, 0.3) is 5.69 Å². The van der Waals surface area contributed by atoms with Gasteiger partial charge in [0, 0.05) is 24.9 Å². The Balaban J connectivity index is 0.00000140. The highest BCUT2D eigenvalue weighted by atomic mass is 35.5. The van der Waals surface area contributed by atoms with Crippen molar-refractivity contribution in [1.29, 1.82) is 0 Å². The molecule has 0 spiro atoms. The standard InChI is InChI=1S/C19H24N6O.2ClH/c1-2-23-18(15-8-11-20-12-9-15)22-25(19(23)26)14-16-6-3-4-7-17(16)24-13-5-10-21-24;;/h3-7,10,13,15,20H,2,8-9,11-12,14H2,1H3;2*1H. The summed E-state index contributed by atoms with van der Waals surface area (Å²) in [4.78, 5) is 12.9. The quantitative estimate of drug-likeness (QED) is 0.683. The summed E-state index contributed by atoms with van der Waals surface area (Å²) in [6.45, 7) is 5.07. The van der Waals surface area contributed by atoms with E-state index in [0.29, 0.717) is 19.0 Å². The van der Waals surface area contributed by atoms with Gasteiger partial charge in [0.05, 0.1) is 12.2 Å². The lowest BCUT2D eigenvalue weighted by Gasteiger charge is -2.21. The Morgan fingerprint density at radius 1 is 1.14 bits per heavy atom. The summed E-state index contributed by atoms with van der Waals surface area (Å²) in [6, 6.07) is 9.90. The monoisotopic (exact) mass is 424 g/mol. The smallest absolute Gasteiger partial charge is 0.317 e. The molecule has 1 fully saturated rings. The summed E-state index contributed by atoms with van der Waals surface area (Å²) in [7, 11) is 0. The maximum absolute atomic E-state index is 12.9. The van der Waals surface area contributed by atoms with Crippen molar-refractivity contribution in [1.82, 2.24) is 29.4 Å². The third-order valence-electron chi connectivity index (χ3n) is 5.03. The first-order valence-electron chi connectivity index (χ1n) is 9.24. The van der Waals surface area contributed by atoms with E-state index in [2.05, 4.69) is 10.4 Å². The molecule has 28 heavy (non-hydrogen) atoms. The van der Waals surface area contributed by atoms with Crippen LogP contribution in [-0.4, -0.2) is 37.2 Å². The van der Waals surface area contributed by atoms with Gasteiger partial charge in [-0.2, -0.15) is 10.2 Å². The van der Waals surface area contributed by atoms with Crippen molar-refractivity contribution in [3.05, 3.63) is 64.6 Å². The zero-order valence-electron chi connectivity index (χ0n) is 15.8. The summed E-state index contributed by atoms with van der Waals surface area (Å²) in [6.07, 6.45) is 5.72. The molecule has 9 heteroatoms. The minimum absolute atomic E-state index is 0. The molecule has 0 bridgehead atoms. The highest BCUT2D eigenvalue weighted by Gasteiger charge is 2.23. The average Bonchev–Trinajstić information content (AvgIpc) is 3.32. The van der Waals surface area contributed by atoms with Crippen LogP contribution in [0.15, 0.2) is 47.5 Å². The van der Waals surface area contributed by atoms with Gasteiger partial charge in [-0.05, 0) is 50.6 Å². The van der Waals surface area contributed by atoms with Crippen LogP contribution >= 0.6 is 24.8 Å². The number of nitrogens with zero attached hydrogens (tertiary/aromatic N) is 5. The lowest BCUT2D eigenvalue weighted by molar-refractivity contribution is 0.429. The molecular formula is C19H26Cl2N6O. The molecule has 3 aromatic rings. The predicted molar refractivity (Wildman–Crippen MR) is 114 cm³/mol. The summed E-state index contributed by atoms with van der Waals surface area (Å²) < 4.78 is 5.25. The molecule has 4 rings (SSSR count).